The van der Waals surface area contributed by atoms with Crippen LogP contribution in [0, 0.1) is 0 Å². The Kier molecular flexibility index (Phi) is 6.65. The van der Waals surface area contributed by atoms with Gasteiger partial charge in [0.2, 0.25) is 0 Å². The fraction of sp³-hybridized carbons (Fsp3) is 0.571. The van der Waals surface area contributed by atoms with Crippen LogP contribution >= 0.6 is 0 Å². The van der Waals surface area contributed by atoms with Crippen molar-refractivity contribution in [3.05, 3.63) is 42.0 Å². The smallest absolute Gasteiger partial charge is 0.251 e. The summed E-state index contributed by atoms with van der Waals surface area (Å²) in [6, 6.07) is 10.6. The quantitative estimate of drug-likeness (QED) is 0.824. The standard InChI is InChI=1S/C21H30N2O2/c1-2-8-19(18-9-4-3-5-10-18)17-22-12-7-13-23(15-14-22)21(24)20-11-6-16-25-20/h3-5,8-10,20H,2,6-7,11-17H2,1H3. The predicted octanol–water partition coefficient (Wildman–Crippen LogP) is 3.19. The number of ether oxygens (including phenoxy) is 1. The fourth-order valence-corrected chi connectivity index (χ4v) is 3.74. The molecular weight excluding hydrogens is 312 g/mol. The Hall–Kier alpha value is -1.65. The lowest BCUT2D eigenvalue weighted by atomic mass is 10.0. The van der Waals surface area contributed by atoms with E-state index in [9.17, 15) is 4.79 Å². The van der Waals surface area contributed by atoms with Crippen molar-refractivity contribution >= 4 is 11.5 Å². The Morgan fingerprint density at radius 1 is 1.16 bits per heavy atom. The maximum Gasteiger partial charge on any atom is 0.251 e. The monoisotopic (exact) mass is 342 g/mol. The van der Waals surface area contributed by atoms with Crippen LogP contribution in [0.25, 0.3) is 5.57 Å². The van der Waals surface area contributed by atoms with E-state index in [4.69, 9.17) is 4.74 Å². The molecule has 1 amide bonds. The zero-order valence-electron chi connectivity index (χ0n) is 15.3. The molecule has 3 rings (SSSR count). The number of amides is 1. The van der Waals surface area contributed by atoms with Gasteiger partial charge in [-0.05, 0) is 36.8 Å². The van der Waals surface area contributed by atoms with Crippen LogP contribution in [0.2, 0.25) is 0 Å². The molecule has 2 saturated heterocycles. The van der Waals surface area contributed by atoms with E-state index in [0.29, 0.717) is 0 Å². The lowest BCUT2D eigenvalue weighted by Crippen LogP contribution is -2.41. The molecule has 0 N–H and O–H groups in total. The minimum absolute atomic E-state index is 0.189. The molecule has 25 heavy (non-hydrogen) atoms. The summed E-state index contributed by atoms with van der Waals surface area (Å²) in [5, 5.41) is 0. The predicted molar refractivity (Wildman–Crippen MR) is 101 cm³/mol. The van der Waals surface area contributed by atoms with Gasteiger partial charge in [0.05, 0.1) is 0 Å². The summed E-state index contributed by atoms with van der Waals surface area (Å²) in [7, 11) is 0. The zero-order chi connectivity index (χ0) is 17.5. The molecule has 1 atom stereocenters. The molecule has 0 spiro atoms. The summed E-state index contributed by atoms with van der Waals surface area (Å²) in [6.45, 7) is 7.53. The van der Waals surface area contributed by atoms with Crippen molar-refractivity contribution in [2.75, 3.05) is 39.3 Å². The minimum Gasteiger partial charge on any atom is -0.368 e. The Morgan fingerprint density at radius 3 is 2.72 bits per heavy atom. The van der Waals surface area contributed by atoms with Gasteiger partial charge in [-0.25, -0.2) is 0 Å². The highest BCUT2D eigenvalue weighted by Crippen LogP contribution is 2.19. The molecule has 0 aliphatic carbocycles. The van der Waals surface area contributed by atoms with Crippen molar-refractivity contribution < 1.29 is 9.53 Å². The molecule has 0 aromatic heterocycles. The second-order valence-corrected chi connectivity index (χ2v) is 6.96. The molecule has 2 aliphatic rings. The molecule has 136 valence electrons. The van der Waals surface area contributed by atoms with Gasteiger partial charge in [-0.1, -0.05) is 43.3 Å². The van der Waals surface area contributed by atoms with Crippen molar-refractivity contribution in [3.63, 3.8) is 0 Å². The third-order valence-electron chi connectivity index (χ3n) is 5.09. The molecule has 1 aromatic rings. The first-order valence-electron chi connectivity index (χ1n) is 9.65. The SMILES string of the molecule is CCC=C(CN1CCCN(C(=O)C2CCCO2)CC1)c1ccccc1. The van der Waals surface area contributed by atoms with Crippen LogP contribution < -0.4 is 0 Å². The molecule has 4 nitrogen and oxygen atoms in total. The first-order valence-corrected chi connectivity index (χ1v) is 9.65. The maximum atomic E-state index is 12.6. The number of carbonyl (C=O) groups is 1. The summed E-state index contributed by atoms with van der Waals surface area (Å²) in [4.78, 5) is 17.1. The third kappa shape index (κ3) is 4.93. The van der Waals surface area contributed by atoms with Crippen molar-refractivity contribution in [1.29, 1.82) is 0 Å². The number of hydrogen-bond donors (Lipinski definition) is 0. The molecule has 4 heteroatoms. The molecule has 1 aromatic carbocycles. The van der Waals surface area contributed by atoms with Gasteiger partial charge in [-0.2, -0.15) is 0 Å². The highest BCUT2D eigenvalue weighted by molar-refractivity contribution is 5.81. The van der Waals surface area contributed by atoms with Crippen LogP contribution in [0.4, 0.5) is 0 Å². The third-order valence-corrected chi connectivity index (χ3v) is 5.09. The van der Waals surface area contributed by atoms with E-state index in [-0.39, 0.29) is 12.0 Å². The highest BCUT2D eigenvalue weighted by Gasteiger charge is 2.29. The number of carbonyl (C=O) groups excluding carboxylic acids is 1. The lowest BCUT2D eigenvalue weighted by Gasteiger charge is -2.24. The summed E-state index contributed by atoms with van der Waals surface area (Å²) in [5.74, 6) is 0.201. The van der Waals surface area contributed by atoms with E-state index in [1.54, 1.807) is 0 Å². The number of benzene rings is 1. The lowest BCUT2D eigenvalue weighted by molar-refractivity contribution is -0.140. The van der Waals surface area contributed by atoms with Gasteiger partial charge in [0.1, 0.15) is 6.10 Å². The summed E-state index contributed by atoms with van der Waals surface area (Å²) >= 11 is 0. The molecule has 0 saturated carbocycles. The second-order valence-electron chi connectivity index (χ2n) is 6.96. The van der Waals surface area contributed by atoms with Crippen molar-refractivity contribution in [3.8, 4) is 0 Å². The van der Waals surface area contributed by atoms with E-state index < -0.39 is 0 Å². The van der Waals surface area contributed by atoms with Gasteiger partial charge in [-0.3, -0.25) is 9.69 Å². The van der Waals surface area contributed by atoms with Crippen LogP contribution in [0.3, 0.4) is 0 Å². The highest BCUT2D eigenvalue weighted by atomic mass is 16.5. The largest absolute Gasteiger partial charge is 0.368 e. The van der Waals surface area contributed by atoms with Crippen LogP contribution in [-0.4, -0.2) is 61.1 Å². The molecule has 0 radical (unpaired) electrons. The fourth-order valence-electron chi connectivity index (χ4n) is 3.74. The van der Waals surface area contributed by atoms with E-state index in [1.165, 1.54) is 11.1 Å². The van der Waals surface area contributed by atoms with Crippen LogP contribution in [0.1, 0.15) is 38.2 Å². The van der Waals surface area contributed by atoms with Crippen molar-refractivity contribution in [2.24, 2.45) is 0 Å². The topological polar surface area (TPSA) is 32.8 Å². The van der Waals surface area contributed by atoms with E-state index in [2.05, 4.69) is 48.2 Å². The van der Waals surface area contributed by atoms with Crippen molar-refractivity contribution in [2.45, 2.75) is 38.7 Å². The number of allylic oxidation sites excluding steroid dienone is 1. The second kappa shape index (κ2) is 9.16. The number of nitrogens with zero attached hydrogens (tertiary/aromatic N) is 2. The van der Waals surface area contributed by atoms with Gasteiger partial charge < -0.3 is 9.64 Å². The Labute approximate surface area is 151 Å². The molecule has 2 aliphatic heterocycles. The van der Waals surface area contributed by atoms with Gasteiger partial charge in [0, 0.05) is 39.3 Å². The van der Waals surface area contributed by atoms with Crippen LogP contribution in [0.5, 0.6) is 0 Å². The molecular formula is C21H30N2O2. The first kappa shape index (κ1) is 18.2. The van der Waals surface area contributed by atoms with E-state index in [1.807, 2.05) is 4.90 Å². The molecule has 0 bridgehead atoms. The van der Waals surface area contributed by atoms with Gasteiger partial charge in [0.15, 0.2) is 0 Å². The number of hydrogen-bond acceptors (Lipinski definition) is 3. The Morgan fingerprint density at radius 2 is 2.00 bits per heavy atom. The average Bonchev–Trinajstić information content (AvgIpc) is 3.08. The van der Waals surface area contributed by atoms with E-state index in [0.717, 1.165) is 65.0 Å². The zero-order valence-corrected chi connectivity index (χ0v) is 15.3. The maximum absolute atomic E-state index is 12.6. The molecule has 2 fully saturated rings. The Balaban J connectivity index is 1.58. The summed E-state index contributed by atoms with van der Waals surface area (Å²) in [6.07, 6.45) is 6.12. The summed E-state index contributed by atoms with van der Waals surface area (Å²) in [5.41, 5.74) is 2.70. The molecule has 1 unspecified atom stereocenters. The van der Waals surface area contributed by atoms with Crippen LogP contribution in [-0.2, 0) is 9.53 Å². The van der Waals surface area contributed by atoms with E-state index >= 15 is 0 Å². The summed E-state index contributed by atoms with van der Waals surface area (Å²) < 4.78 is 5.58. The normalized spacial score (nSPS) is 22.8. The molecule has 2 heterocycles. The minimum atomic E-state index is -0.189. The van der Waals surface area contributed by atoms with Gasteiger partial charge >= 0.3 is 0 Å². The number of rotatable bonds is 5. The Bertz CT molecular complexity index is 579. The van der Waals surface area contributed by atoms with Gasteiger partial charge in [0.25, 0.3) is 5.91 Å². The van der Waals surface area contributed by atoms with Gasteiger partial charge in [-0.15, -0.1) is 0 Å². The average molecular weight is 342 g/mol. The van der Waals surface area contributed by atoms with Crippen LogP contribution in [0.15, 0.2) is 36.4 Å². The first-order chi connectivity index (χ1) is 12.3. The van der Waals surface area contributed by atoms with Crippen molar-refractivity contribution in [1.82, 2.24) is 9.80 Å².